The Morgan fingerprint density at radius 1 is 0.237 bits per heavy atom. The van der Waals surface area contributed by atoms with Crippen molar-refractivity contribution in [3.63, 3.8) is 0 Å². The summed E-state index contributed by atoms with van der Waals surface area (Å²) in [5.41, 5.74) is 13.3. The van der Waals surface area contributed by atoms with Crippen LogP contribution in [-0.2, 0) is 76.8 Å². The molecule has 0 atom stereocenters. The maximum Gasteiger partial charge on any atom is 0.123 e. The summed E-state index contributed by atoms with van der Waals surface area (Å²) in [4.78, 5) is 16.9. The van der Waals surface area contributed by atoms with Crippen molar-refractivity contribution in [2.75, 3.05) is 0 Å². The second-order valence-corrected chi connectivity index (χ2v) is 23.2. The zero-order chi connectivity index (χ0) is 52.5. The van der Waals surface area contributed by atoms with Gasteiger partial charge in [0.1, 0.15) is 15.0 Å². The van der Waals surface area contributed by atoms with E-state index >= 15 is 0 Å². The second-order valence-electron chi connectivity index (χ2n) is 18.8. The van der Waals surface area contributed by atoms with E-state index in [-0.39, 0.29) is 39.0 Å². The molecule has 0 spiro atoms. The van der Waals surface area contributed by atoms with E-state index < -0.39 is 0 Å². The summed E-state index contributed by atoms with van der Waals surface area (Å²) < 4.78 is 3.56. The van der Waals surface area contributed by atoms with Crippen LogP contribution < -0.4 is 0 Å². The number of fused-ring (bicyclic) bond motifs is 6. The fourth-order valence-corrected chi connectivity index (χ4v) is 13.6. The topological polar surface area (TPSA) is 38.7 Å². The molecule has 12 aromatic carbocycles. The van der Waals surface area contributed by atoms with Gasteiger partial charge in [0.25, 0.3) is 0 Å². The third kappa shape index (κ3) is 11.6. The summed E-state index contributed by atoms with van der Waals surface area (Å²) in [6.07, 6.45) is 0. The molecule has 0 radical (unpaired) electrons. The Labute approximate surface area is 518 Å². The number of benzene rings is 12. The van der Waals surface area contributed by atoms with Gasteiger partial charge in [-0.3, -0.25) is 0 Å². The molecule has 0 N–H and O–H groups in total. The van der Waals surface area contributed by atoms with Gasteiger partial charge in [0.05, 0.1) is 30.6 Å². The van der Waals surface area contributed by atoms with Crippen molar-refractivity contribution in [3.05, 3.63) is 255 Å². The third-order valence-corrected chi connectivity index (χ3v) is 18.0. The molecule has 15 aromatic rings. The van der Waals surface area contributed by atoms with Crippen LogP contribution in [0.15, 0.2) is 269 Å². The molecule has 0 amide bonds. The van der Waals surface area contributed by atoms with Gasteiger partial charge in [-0.1, -0.05) is 182 Å². The van der Waals surface area contributed by atoms with Crippen molar-refractivity contribution >= 4 is 135 Å². The second kappa shape index (κ2) is 24.4. The van der Waals surface area contributed by atoms with E-state index in [0.717, 1.165) is 62.9 Å². The predicted octanol–water partition coefficient (Wildman–Crippen LogP) is 20.1. The Morgan fingerprint density at radius 2 is 0.475 bits per heavy atom. The van der Waals surface area contributed by atoms with Gasteiger partial charge in [-0.25, -0.2) is 15.0 Å². The molecule has 3 nitrogen and oxygen atoms in total. The van der Waals surface area contributed by atoms with Crippen LogP contribution in [0.2, 0.25) is 0 Å². The van der Waals surface area contributed by atoms with Gasteiger partial charge in [0.2, 0.25) is 0 Å². The minimum absolute atomic E-state index is 0. The van der Waals surface area contributed by atoms with Crippen LogP contribution in [-0.4, -0.2) is 15.0 Å². The Balaban J connectivity index is 0.000000125. The van der Waals surface area contributed by atoms with Crippen molar-refractivity contribution in [1.29, 1.82) is 0 Å². The van der Waals surface area contributed by atoms with Gasteiger partial charge in [0, 0.05) is 39.0 Å². The van der Waals surface area contributed by atoms with Gasteiger partial charge in [-0.05, 0) is 155 Å². The molecule has 15 rings (SSSR count). The molecular weight excluding hydrogens is 1190 g/mol. The fraction of sp³-hybridized carbons (Fsp3) is 0. The number of rotatable bonds is 6. The zero-order valence-corrected chi connectivity index (χ0v) is 53.8. The van der Waals surface area contributed by atoms with E-state index in [2.05, 4.69) is 182 Å². The maximum atomic E-state index is 5.59. The Hall–Kier alpha value is -7.00. The molecular formula is C69H42N3S6Zn2-3. The van der Waals surface area contributed by atoms with E-state index in [4.69, 9.17) is 52.8 Å². The van der Waals surface area contributed by atoms with E-state index in [1.807, 2.05) is 72.8 Å². The molecule has 0 saturated carbocycles. The van der Waals surface area contributed by atoms with Crippen molar-refractivity contribution in [2.24, 2.45) is 0 Å². The van der Waals surface area contributed by atoms with Crippen molar-refractivity contribution in [3.8, 4) is 65.1 Å². The molecule has 0 bridgehead atoms. The SMILES string of the molecule is [S-]c1ccc(-c2ccc3ccccc3c2)cc1-c1nc2ccccc2s1.[S-]c1ccc(-c2ccc3ccccc3c2)cc1-c1nc2ccccc2s1.[S-]c1ccc(-c2ccc3ccccc3c2)cc1-c1nc2ccccc2s1.[Zn].[Zn]. The minimum atomic E-state index is 0. The number of aromatic nitrogens is 3. The fourth-order valence-electron chi connectivity index (χ4n) is 9.70. The first kappa shape index (κ1) is 54.9. The van der Waals surface area contributed by atoms with Crippen molar-refractivity contribution in [1.82, 2.24) is 15.0 Å². The molecule has 376 valence electrons. The van der Waals surface area contributed by atoms with Gasteiger partial charge < -0.3 is 37.9 Å². The van der Waals surface area contributed by atoms with Crippen LogP contribution >= 0.6 is 34.0 Å². The third-order valence-electron chi connectivity index (χ3n) is 13.8. The summed E-state index contributed by atoms with van der Waals surface area (Å²) in [6.45, 7) is 0. The molecule has 11 heteroatoms. The van der Waals surface area contributed by atoms with Crippen LogP contribution in [0, 0.1) is 0 Å². The molecule has 0 fully saturated rings. The molecule has 3 aromatic heterocycles. The van der Waals surface area contributed by atoms with Gasteiger partial charge in [-0.15, -0.1) is 34.0 Å². The predicted molar refractivity (Wildman–Crippen MR) is 341 cm³/mol. The monoisotopic (exact) mass is 1230 g/mol. The molecule has 0 saturated heterocycles. The van der Waals surface area contributed by atoms with Gasteiger partial charge >= 0.3 is 0 Å². The zero-order valence-electron chi connectivity index (χ0n) is 43.0. The average Bonchev–Trinajstić information content (AvgIpc) is 4.39. The molecule has 0 aliphatic rings. The van der Waals surface area contributed by atoms with E-state index in [1.165, 1.54) is 79.8 Å². The Morgan fingerprint density at radius 3 is 0.762 bits per heavy atom. The Bertz CT molecular complexity index is 4150. The van der Waals surface area contributed by atoms with Crippen LogP contribution in [0.1, 0.15) is 0 Å². The summed E-state index contributed by atoms with van der Waals surface area (Å²) in [5, 5.41) is 10.4. The Kier molecular flexibility index (Phi) is 16.7. The minimum Gasteiger partial charge on any atom is -0.779 e. The van der Waals surface area contributed by atoms with E-state index in [0.29, 0.717) is 0 Å². The number of nitrogens with zero attached hydrogens (tertiary/aromatic N) is 3. The molecule has 0 aliphatic carbocycles. The number of hydrogen-bond donors (Lipinski definition) is 0. The van der Waals surface area contributed by atoms with Crippen LogP contribution in [0.25, 0.3) is 128 Å². The number of thiazole rings is 3. The normalized spacial score (nSPS) is 10.9. The van der Waals surface area contributed by atoms with Crippen LogP contribution in [0.3, 0.4) is 0 Å². The molecule has 0 unspecified atom stereocenters. The maximum absolute atomic E-state index is 5.59. The summed E-state index contributed by atoms with van der Waals surface area (Å²) in [6, 6.07) is 88.5. The van der Waals surface area contributed by atoms with Crippen molar-refractivity contribution in [2.45, 2.75) is 14.7 Å². The largest absolute Gasteiger partial charge is 0.779 e. The number of hydrogen-bond acceptors (Lipinski definition) is 9. The van der Waals surface area contributed by atoms with E-state index in [1.54, 1.807) is 34.0 Å². The van der Waals surface area contributed by atoms with E-state index in [9.17, 15) is 0 Å². The molecule has 3 heterocycles. The summed E-state index contributed by atoms with van der Waals surface area (Å²) in [5.74, 6) is 0. The first-order valence-corrected chi connectivity index (χ1v) is 29.0. The summed E-state index contributed by atoms with van der Waals surface area (Å²) >= 11 is 21.9. The molecule has 0 aliphatic heterocycles. The first-order chi connectivity index (χ1) is 38.3. The smallest absolute Gasteiger partial charge is 0.123 e. The van der Waals surface area contributed by atoms with Crippen LogP contribution in [0.5, 0.6) is 0 Å². The molecule has 80 heavy (non-hydrogen) atoms. The summed E-state index contributed by atoms with van der Waals surface area (Å²) in [7, 11) is 0. The van der Waals surface area contributed by atoms with Gasteiger partial charge in [-0.2, -0.15) is 14.7 Å². The average molecular weight is 1240 g/mol. The van der Waals surface area contributed by atoms with Crippen LogP contribution in [0.4, 0.5) is 0 Å². The standard InChI is InChI=1S/3C23H15NS2.2Zn/c3*25-21-12-11-18(17-10-9-15-5-1-2-6-16(15)13-17)14-19(21)23-24-20-7-3-4-8-22(20)26-23;;/h3*1-14,25H;;/p-3. The van der Waals surface area contributed by atoms with Crippen molar-refractivity contribution < 1.29 is 39.0 Å². The van der Waals surface area contributed by atoms with Gasteiger partial charge in [0.15, 0.2) is 0 Å². The number of para-hydroxylation sites is 3. The quantitative estimate of drug-likeness (QED) is 0.122. The first-order valence-electron chi connectivity index (χ1n) is 25.3.